The molecule has 0 amide bonds. The highest BCUT2D eigenvalue weighted by molar-refractivity contribution is 7.92. The van der Waals surface area contributed by atoms with E-state index in [4.69, 9.17) is 5.11 Å². The van der Waals surface area contributed by atoms with Crippen LogP contribution in [0.3, 0.4) is 0 Å². The van der Waals surface area contributed by atoms with E-state index in [1.54, 1.807) is 0 Å². The largest absolute Gasteiger partial charge is 0.478 e. The average Bonchev–Trinajstić information content (AvgIpc) is 2.53. The fourth-order valence-corrected chi connectivity index (χ4v) is 2.78. The first-order chi connectivity index (χ1) is 11.6. The van der Waals surface area contributed by atoms with Gasteiger partial charge in [0.05, 0.1) is 22.3 Å². The predicted molar refractivity (Wildman–Crippen MR) is 80.0 cm³/mol. The van der Waals surface area contributed by atoms with Crippen LogP contribution in [0.25, 0.3) is 0 Å². The van der Waals surface area contributed by atoms with Gasteiger partial charge in [-0.25, -0.2) is 18.2 Å². The maximum Gasteiger partial charge on any atom is 0.422 e. The molecule has 0 spiro atoms. The molecule has 0 bridgehead atoms. The van der Waals surface area contributed by atoms with Crippen LogP contribution in [0.1, 0.15) is 10.4 Å². The first-order valence-corrected chi connectivity index (χ1v) is 8.07. The zero-order valence-electron chi connectivity index (χ0n) is 12.3. The summed E-state index contributed by atoms with van der Waals surface area (Å²) in [6, 6.07) is 6.90. The zero-order valence-corrected chi connectivity index (χ0v) is 13.1. The number of anilines is 1. The second kappa shape index (κ2) is 6.97. The fraction of sp³-hybridized carbons (Fsp3) is 0.143. The number of rotatable bonds is 6. The Morgan fingerprint density at radius 2 is 1.96 bits per heavy atom. The van der Waals surface area contributed by atoms with Gasteiger partial charge in [0.25, 0.3) is 10.0 Å². The van der Waals surface area contributed by atoms with Crippen molar-refractivity contribution in [3.8, 4) is 5.88 Å². The van der Waals surface area contributed by atoms with E-state index in [0.29, 0.717) is 0 Å². The molecule has 0 saturated heterocycles. The normalized spacial score (nSPS) is 11.8. The number of carbonyl (C=O) groups is 1. The molecule has 0 aliphatic rings. The number of carboxylic acids is 1. The lowest BCUT2D eigenvalue weighted by molar-refractivity contribution is -0.154. The topological polar surface area (TPSA) is 106 Å². The number of hydrogen-bond donors (Lipinski definition) is 2. The monoisotopic (exact) mass is 376 g/mol. The van der Waals surface area contributed by atoms with Gasteiger partial charge in [-0.2, -0.15) is 13.2 Å². The number of carboxylic acid groups (broad SMARTS) is 1. The Bertz CT molecular complexity index is 867. The molecule has 2 aromatic rings. The van der Waals surface area contributed by atoms with Crippen LogP contribution in [-0.4, -0.2) is 37.3 Å². The lowest BCUT2D eigenvalue weighted by atomic mass is 10.2. The van der Waals surface area contributed by atoms with Crippen molar-refractivity contribution in [2.24, 2.45) is 0 Å². The quantitative estimate of drug-likeness (QED) is 0.803. The van der Waals surface area contributed by atoms with Crippen molar-refractivity contribution in [1.29, 1.82) is 0 Å². The van der Waals surface area contributed by atoms with Crippen LogP contribution in [0.5, 0.6) is 5.88 Å². The van der Waals surface area contributed by atoms with Crippen LogP contribution in [0.4, 0.5) is 18.9 Å². The number of nitrogens with zero attached hydrogens (tertiary/aromatic N) is 1. The molecule has 25 heavy (non-hydrogen) atoms. The number of alkyl halides is 3. The van der Waals surface area contributed by atoms with Crippen LogP contribution in [0.15, 0.2) is 47.5 Å². The Morgan fingerprint density at radius 3 is 2.52 bits per heavy atom. The van der Waals surface area contributed by atoms with Crippen molar-refractivity contribution in [3.05, 3.63) is 48.2 Å². The van der Waals surface area contributed by atoms with Gasteiger partial charge in [0.2, 0.25) is 5.88 Å². The van der Waals surface area contributed by atoms with E-state index < -0.39 is 28.8 Å². The van der Waals surface area contributed by atoms with Gasteiger partial charge in [-0.05, 0) is 24.3 Å². The summed E-state index contributed by atoms with van der Waals surface area (Å²) in [4.78, 5) is 14.2. The first kappa shape index (κ1) is 18.5. The van der Waals surface area contributed by atoms with E-state index in [9.17, 15) is 26.4 Å². The molecule has 0 atom stereocenters. The summed E-state index contributed by atoms with van der Waals surface area (Å²) in [6.45, 7) is -1.52. The molecule has 0 saturated carbocycles. The second-order valence-electron chi connectivity index (χ2n) is 4.73. The summed E-state index contributed by atoms with van der Waals surface area (Å²) in [7, 11) is -4.09. The van der Waals surface area contributed by atoms with Gasteiger partial charge in [0.1, 0.15) is 0 Å². The number of pyridine rings is 1. The average molecular weight is 376 g/mol. The molecule has 0 aliphatic heterocycles. The maximum absolute atomic E-state index is 12.2. The molecule has 1 aromatic carbocycles. The van der Waals surface area contributed by atoms with Gasteiger partial charge < -0.3 is 9.84 Å². The van der Waals surface area contributed by atoms with Crippen molar-refractivity contribution in [1.82, 2.24) is 4.98 Å². The molecule has 11 heteroatoms. The Hall–Kier alpha value is -2.82. The highest BCUT2D eigenvalue weighted by Crippen LogP contribution is 2.20. The minimum atomic E-state index is -4.52. The first-order valence-electron chi connectivity index (χ1n) is 6.59. The predicted octanol–water partition coefficient (Wildman–Crippen LogP) is 2.52. The number of ether oxygens (including phenoxy) is 1. The van der Waals surface area contributed by atoms with Crippen molar-refractivity contribution >= 4 is 21.7 Å². The molecule has 1 heterocycles. The van der Waals surface area contributed by atoms with Crippen molar-refractivity contribution in [2.45, 2.75) is 11.1 Å². The van der Waals surface area contributed by atoms with Crippen molar-refractivity contribution < 1.29 is 36.2 Å². The van der Waals surface area contributed by atoms with Gasteiger partial charge in [-0.15, -0.1) is 0 Å². The SMILES string of the molecule is O=C(O)c1cccc(S(=O)(=O)Nc2ccc(OCC(F)(F)F)nc2)c1. The summed E-state index contributed by atoms with van der Waals surface area (Å²) in [5.41, 5.74) is -0.239. The number of hydrogen-bond acceptors (Lipinski definition) is 5. The highest BCUT2D eigenvalue weighted by Gasteiger charge is 2.28. The molecule has 7 nitrogen and oxygen atoms in total. The smallest absolute Gasteiger partial charge is 0.422 e. The Morgan fingerprint density at radius 1 is 1.24 bits per heavy atom. The lowest BCUT2D eigenvalue weighted by Gasteiger charge is -2.10. The summed E-state index contributed by atoms with van der Waals surface area (Å²) in [6.07, 6.45) is -3.54. The van der Waals surface area contributed by atoms with Gasteiger partial charge in [-0.1, -0.05) is 6.07 Å². The van der Waals surface area contributed by atoms with Gasteiger partial charge in [0.15, 0.2) is 6.61 Å². The highest BCUT2D eigenvalue weighted by atomic mass is 32.2. The third-order valence-electron chi connectivity index (χ3n) is 2.76. The number of benzene rings is 1. The van der Waals surface area contributed by atoms with Gasteiger partial charge >= 0.3 is 12.1 Å². The summed E-state index contributed by atoms with van der Waals surface area (Å²) < 4.78 is 67.1. The standard InChI is InChI=1S/C14H11F3N2O5S/c15-14(16,17)8-24-12-5-4-10(7-18-12)19-25(22,23)11-3-1-2-9(6-11)13(20)21/h1-7,19H,8H2,(H,20,21). The van der Waals surface area contributed by atoms with Crippen LogP contribution < -0.4 is 9.46 Å². The van der Waals surface area contributed by atoms with Crippen LogP contribution in [0.2, 0.25) is 0 Å². The third-order valence-corrected chi connectivity index (χ3v) is 4.14. The summed E-state index contributed by atoms with van der Waals surface area (Å²) in [5, 5.41) is 8.88. The molecule has 134 valence electrons. The van der Waals surface area contributed by atoms with Crippen molar-refractivity contribution in [3.63, 3.8) is 0 Å². The van der Waals surface area contributed by atoms with E-state index in [-0.39, 0.29) is 22.0 Å². The molecule has 1 aromatic heterocycles. The molecule has 0 unspecified atom stereocenters. The molecule has 2 rings (SSSR count). The molecular formula is C14H11F3N2O5S. The van der Waals surface area contributed by atoms with Gasteiger partial charge in [-0.3, -0.25) is 4.72 Å². The maximum atomic E-state index is 12.2. The minimum absolute atomic E-state index is 0.0277. The van der Waals surface area contributed by atoms with E-state index in [1.165, 1.54) is 18.2 Å². The second-order valence-corrected chi connectivity index (χ2v) is 6.41. The van der Waals surface area contributed by atoms with E-state index in [1.807, 2.05) is 0 Å². The van der Waals surface area contributed by atoms with Crippen LogP contribution in [0, 0.1) is 0 Å². The molecular weight excluding hydrogens is 365 g/mol. The number of nitrogens with one attached hydrogen (secondary N) is 1. The number of halogens is 3. The van der Waals surface area contributed by atoms with E-state index in [0.717, 1.165) is 24.4 Å². The van der Waals surface area contributed by atoms with Crippen molar-refractivity contribution in [2.75, 3.05) is 11.3 Å². The van der Waals surface area contributed by atoms with Crippen LogP contribution in [-0.2, 0) is 10.0 Å². The Balaban J connectivity index is 2.13. The number of aromatic nitrogens is 1. The zero-order chi connectivity index (χ0) is 18.7. The van der Waals surface area contributed by atoms with Gasteiger partial charge in [0, 0.05) is 6.07 Å². The third kappa shape index (κ3) is 5.35. The number of sulfonamides is 1. The molecule has 2 N–H and O–H groups in total. The molecule has 0 aliphatic carbocycles. The van der Waals surface area contributed by atoms with Crippen LogP contribution >= 0.6 is 0 Å². The summed E-state index contributed by atoms with van der Waals surface area (Å²) in [5.74, 6) is -1.61. The number of aromatic carboxylic acids is 1. The molecule has 0 fully saturated rings. The van der Waals surface area contributed by atoms with E-state index >= 15 is 0 Å². The molecule has 0 radical (unpaired) electrons. The van der Waals surface area contributed by atoms with E-state index in [2.05, 4.69) is 14.4 Å². The fourth-order valence-electron chi connectivity index (χ4n) is 1.69. The lowest BCUT2D eigenvalue weighted by Crippen LogP contribution is -2.19. The Kier molecular flexibility index (Phi) is 5.16. The Labute approximate surface area is 140 Å². The summed E-state index contributed by atoms with van der Waals surface area (Å²) >= 11 is 0. The minimum Gasteiger partial charge on any atom is -0.478 e.